The number of hydrogen-bond donors (Lipinski definition) is 0. The summed E-state index contributed by atoms with van der Waals surface area (Å²) in [7, 11) is 0. The molecule has 0 unspecified atom stereocenters. The zero-order valence-electron chi connectivity index (χ0n) is 11.8. The van der Waals surface area contributed by atoms with Crippen LogP contribution in [0.15, 0.2) is 58.5 Å². The molecule has 21 heavy (non-hydrogen) atoms. The van der Waals surface area contributed by atoms with Crippen molar-refractivity contribution in [2.75, 3.05) is 11.5 Å². The van der Waals surface area contributed by atoms with Crippen molar-refractivity contribution >= 4 is 40.9 Å². The van der Waals surface area contributed by atoms with Gasteiger partial charge in [-0.25, -0.2) is 0 Å². The van der Waals surface area contributed by atoms with Crippen LogP contribution in [0, 0.1) is 6.92 Å². The average molecular weight is 312 g/mol. The molecule has 0 N–H and O–H groups in total. The van der Waals surface area contributed by atoms with Gasteiger partial charge in [-0.15, -0.1) is 23.5 Å². The van der Waals surface area contributed by atoms with Gasteiger partial charge < -0.3 is 0 Å². The Labute approximate surface area is 133 Å². The number of nitrogens with zero attached hydrogens (tertiary/aromatic N) is 2. The summed E-state index contributed by atoms with van der Waals surface area (Å²) >= 11 is 3.97. The summed E-state index contributed by atoms with van der Waals surface area (Å²) in [5.41, 5.74) is 4.36. The lowest BCUT2D eigenvalue weighted by atomic mass is 10.2. The Bertz CT molecular complexity index is 667. The van der Waals surface area contributed by atoms with Crippen LogP contribution < -0.4 is 0 Å². The molecule has 1 aliphatic rings. The Morgan fingerprint density at radius 1 is 0.952 bits per heavy atom. The standard InChI is InChI=1S/C17H16N2S2/c1-13-6-8-14(9-7-13)18-12-19-16-5-3-2-4-15(16)17-20-10-11-21-17/h2-9,17H,10-11H2,1H3. The van der Waals surface area contributed by atoms with Gasteiger partial charge in [0, 0.05) is 17.1 Å². The monoisotopic (exact) mass is 312 g/mol. The van der Waals surface area contributed by atoms with Crippen molar-refractivity contribution in [1.29, 1.82) is 0 Å². The van der Waals surface area contributed by atoms with E-state index in [0.29, 0.717) is 4.58 Å². The maximum atomic E-state index is 4.43. The van der Waals surface area contributed by atoms with Crippen LogP contribution in [0.1, 0.15) is 15.7 Å². The van der Waals surface area contributed by atoms with E-state index >= 15 is 0 Å². The molecule has 2 aromatic rings. The molecule has 1 fully saturated rings. The molecule has 3 rings (SSSR count). The van der Waals surface area contributed by atoms with Gasteiger partial charge >= 0.3 is 0 Å². The fourth-order valence-electron chi connectivity index (χ4n) is 2.08. The van der Waals surface area contributed by atoms with Gasteiger partial charge in [0.05, 0.1) is 16.0 Å². The van der Waals surface area contributed by atoms with Crippen LogP contribution >= 0.6 is 23.5 Å². The SMILES string of the molecule is Cc1ccc(N=C=Nc2ccccc2C2SCCS2)cc1. The third kappa shape index (κ3) is 3.79. The molecule has 0 amide bonds. The van der Waals surface area contributed by atoms with Gasteiger partial charge in [-0.1, -0.05) is 35.9 Å². The van der Waals surface area contributed by atoms with E-state index in [4.69, 9.17) is 0 Å². The Morgan fingerprint density at radius 2 is 1.67 bits per heavy atom. The number of rotatable bonds is 3. The van der Waals surface area contributed by atoms with Crippen LogP contribution in [0.4, 0.5) is 11.4 Å². The van der Waals surface area contributed by atoms with E-state index in [1.54, 1.807) is 0 Å². The quantitative estimate of drug-likeness (QED) is 0.688. The van der Waals surface area contributed by atoms with E-state index in [2.05, 4.69) is 35.0 Å². The van der Waals surface area contributed by atoms with Crippen molar-refractivity contribution < 1.29 is 0 Å². The second-order valence-electron chi connectivity index (χ2n) is 4.79. The molecule has 0 spiro atoms. The van der Waals surface area contributed by atoms with E-state index in [1.807, 2.05) is 59.9 Å². The number of benzene rings is 2. The number of aliphatic imine (C=N–C) groups is 2. The minimum atomic E-state index is 0.492. The van der Waals surface area contributed by atoms with Gasteiger partial charge in [0.1, 0.15) is 6.01 Å². The van der Waals surface area contributed by atoms with Crippen molar-refractivity contribution in [1.82, 2.24) is 0 Å². The fourth-order valence-corrected chi connectivity index (χ4v) is 5.00. The first-order valence-corrected chi connectivity index (χ1v) is 8.98. The third-order valence-electron chi connectivity index (χ3n) is 3.20. The highest BCUT2D eigenvalue weighted by molar-refractivity contribution is 8.19. The van der Waals surface area contributed by atoms with Crippen LogP contribution in [0.2, 0.25) is 0 Å². The molecule has 0 aromatic heterocycles. The molecule has 0 bridgehead atoms. The highest BCUT2D eigenvalue weighted by Gasteiger charge is 2.20. The second-order valence-corrected chi connectivity index (χ2v) is 7.52. The summed E-state index contributed by atoms with van der Waals surface area (Å²) in [6.45, 7) is 2.06. The minimum absolute atomic E-state index is 0.492. The number of hydrogen-bond acceptors (Lipinski definition) is 4. The highest BCUT2D eigenvalue weighted by Crippen LogP contribution is 2.47. The molecule has 0 saturated carbocycles. The molecule has 4 heteroatoms. The van der Waals surface area contributed by atoms with Gasteiger partial charge in [0.15, 0.2) is 0 Å². The Hall–Kier alpha value is -1.48. The highest BCUT2D eigenvalue weighted by atomic mass is 32.2. The van der Waals surface area contributed by atoms with Gasteiger partial charge in [0.2, 0.25) is 0 Å². The number of para-hydroxylation sites is 1. The molecule has 2 nitrogen and oxygen atoms in total. The Balaban J connectivity index is 1.83. The summed E-state index contributed by atoms with van der Waals surface area (Å²) in [5.74, 6) is 2.43. The third-order valence-corrected chi connectivity index (χ3v) is 6.26. The maximum absolute atomic E-state index is 4.43. The van der Waals surface area contributed by atoms with Crippen molar-refractivity contribution in [2.45, 2.75) is 11.5 Å². The van der Waals surface area contributed by atoms with Gasteiger partial charge in [-0.2, -0.15) is 9.98 Å². The average Bonchev–Trinajstić information content (AvgIpc) is 3.04. The summed E-state index contributed by atoms with van der Waals surface area (Å²) in [6.07, 6.45) is 0. The fraction of sp³-hybridized carbons (Fsp3) is 0.235. The first kappa shape index (κ1) is 14.5. The molecular weight excluding hydrogens is 296 g/mol. The van der Waals surface area contributed by atoms with Crippen LogP contribution in [-0.4, -0.2) is 17.5 Å². The summed E-state index contributed by atoms with van der Waals surface area (Å²) in [4.78, 5) is 8.71. The molecular formula is C17H16N2S2. The molecule has 0 radical (unpaired) electrons. The molecule has 0 aliphatic carbocycles. The van der Waals surface area contributed by atoms with E-state index < -0.39 is 0 Å². The van der Waals surface area contributed by atoms with Crippen molar-refractivity contribution in [3.05, 3.63) is 59.7 Å². The van der Waals surface area contributed by atoms with Gasteiger partial charge in [-0.3, -0.25) is 0 Å². The first-order chi connectivity index (χ1) is 10.3. The number of aryl methyl sites for hydroxylation is 1. The maximum Gasteiger partial charge on any atom is 0.100 e. The molecule has 0 atom stereocenters. The molecule has 2 aromatic carbocycles. The van der Waals surface area contributed by atoms with Crippen molar-refractivity contribution in [3.63, 3.8) is 0 Å². The lowest BCUT2D eigenvalue weighted by molar-refractivity contribution is 1.35. The summed E-state index contributed by atoms with van der Waals surface area (Å²) in [6, 6.07) is 19.2. The molecule has 106 valence electrons. The van der Waals surface area contributed by atoms with E-state index in [-0.39, 0.29) is 0 Å². The summed E-state index contributed by atoms with van der Waals surface area (Å²) in [5, 5.41) is 0. The van der Waals surface area contributed by atoms with Crippen LogP contribution in [-0.2, 0) is 0 Å². The molecule has 1 aliphatic heterocycles. The Kier molecular flexibility index (Phi) is 4.81. The lowest BCUT2D eigenvalue weighted by Crippen LogP contribution is -1.84. The van der Waals surface area contributed by atoms with E-state index in [1.165, 1.54) is 22.6 Å². The first-order valence-electron chi connectivity index (χ1n) is 6.88. The van der Waals surface area contributed by atoms with Crippen LogP contribution in [0.3, 0.4) is 0 Å². The Morgan fingerprint density at radius 3 is 2.43 bits per heavy atom. The summed E-state index contributed by atoms with van der Waals surface area (Å²) < 4.78 is 0.492. The predicted molar refractivity (Wildman–Crippen MR) is 94.5 cm³/mol. The zero-order chi connectivity index (χ0) is 14.5. The smallest absolute Gasteiger partial charge is 0.100 e. The van der Waals surface area contributed by atoms with Gasteiger partial charge in [0.25, 0.3) is 0 Å². The topological polar surface area (TPSA) is 24.7 Å². The zero-order valence-corrected chi connectivity index (χ0v) is 13.5. The van der Waals surface area contributed by atoms with Crippen molar-refractivity contribution in [2.24, 2.45) is 9.98 Å². The van der Waals surface area contributed by atoms with E-state index in [9.17, 15) is 0 Å². The molecule has 1 heterocycles. The largest absolute Gasteiger partial charge is 0.188 e. The van der Waals surface area contributed by atoms with E-state index in [0.717, 1.165) is 11.4 Å². The normalized spacial score (nSPS) is 14.7. The van der Waals surface area contributed by atoms with Crippen molar-refractivity contribution in [3.8, 4) is 0 Å². The minimum Gasteiger partial charge on any atom is -0.188 e. The van der Waals surface area contributed by atoms with Crippen LogP contribution in [0.25, 0.3) is 0 Å². The lowest BCUT2D eigenvalue weighted by Gasteiger charge is -2.09. The van der Waals surface area contributed by atoms with Crippen LogP contribution in [0.5, 0.6) is 0 Å². The predicted octanol–water partition coefficient (Wildman–Crippen LogP) is 5.61. The second kappa shape index (κ2) is 6.99. The van der Waals surface area contributed by atoms with Gasteiger partial charge in [-0.05, 0) is 25.1 Å². The molecule has 1 saturated heterocycles. The number of thioether (sulfide) groups is 2.